The van der Waals surface area contributed by atoms with E-state index in [1.54, 1.807) is 36.7 Å². The van der Waals surface area contributed by atoms with Gasteiger partial charge in [0.2, 0.25) is 11.9 Å². The molecule has 5 N–H and O–H groups in total. The fourth-order valence-corrected chi connectivity index (χ4v) is 4.69. The van der Waals surface area contributed by atoms with Gasteiger partial charge in [0.1, 0.15) is 6.07 Å². The molecule has 1 aliphatic carbocycles. The Labute approximate surface area is 210 Å². The van der Waals surface area contributed by atoms with Crippen molar-refractivity contribution in [3.05, 3.63) is 54.0 Å². The Bertz CT molecular complexity index is 1180. The van der Waals surface area contributed by atoms with Crippen molar-refractivity contribution in [3.8, 4) is 17.4 Å². The summed E-state index contributed by atoms with van der Waals surface area (Å²) in [6.07, 6.45) is 13.9. The molecule has 1 amide bonds. The number of nitrogens with zero attached hydrogens (tertiary/aromatic N) is 5. The van der Waals surface area contributed by atoms with Crippen LogP contribution in [0.15, 0.2) is 47.3 Å². The second kappa shape index (κ2) is 12.1. The maximum absolute atomic E-state index is 10.9. The lowest BCUT2D eigenvalue weighted by molar-refractivity contribution is 0.100. The van der Waals surface area contributed by atoms with Gasteiger partial charge in [-0.05, 0) is 37.8 Å². The number of amides is 1. The number of nitriles is 1. The van der Waals surface area contributed by atoms with Crippen molar-refractivity contribution in [2.24, 2.45) is 5.73 Å². The lowest BCUT2D eigenvalue weighted by atomic mass is 9.94. The largest absolute Gasteiger partial charge is 0.424 e. The number of hydrogen-bond acceptors (Lipinski definition) is 9. The second-order valence-corrected chi connectivity index (χ2v) is 9.18. The Morgan fingerprint density at radius 1 is 1.06 bits per heavy atom. The van der Waals surface area contributed by atoms with Gasteiger partial charge in [-0.15, -0.1) is 0 Å². The van der Waals surface area contributed by atoms with E-state index in [2.05, 4.69) is 31.2 Å². The summed E-state index contributed by atoms with van der Waals surface area (Å²) in [7, 11) is 0. The number of nitrogens with two attached hydrogens (primary N) is 2. The Morgan fingerprint density at radius 2 is 1.81 bits per heavy atom. The summed E-state index contributed by atoms with van der Waals surface area (Å²) in [6.45, 7) is 1.98. The molecule has 1 aromatic carbocycles. The molecule has 1 saturated heterocycles. The summed E-state index contributed by atoms with van der Waals surface area (Å²) in [4.78, 5) is 25.6. The number of aromatic nitrogens is 3. The van der Waals surface area contributed by atoms with E-state index in [1.807, 2.05) is 0 Å². The van der Waals surface area contributed by atoms with Crippen LogP contribution in [0.3, 0.4) is 0 Å². The van der Waals surface area contributed by atoms with E-state index in [0.717, 1.165) is 24.6 Å². The van der Waals surface area contributed by atoms with Crippen LogP contribution in [0.1, 0.15) is 60.9 Å². The number of nitrogen functional groups attached to an aromatic ring is 1. The number of benzene rings is 1. The number of nitrogens with one attached hydrogen (secondary N) is 1. The molecule has 3 aromatic rings. The third kappa shape index (κ3) is 6.79. The summed E-state index contributed by atoms with van der Waals surface area (Å²) in [5.41, 5.74) is 12.2. The van der Waals surface area contributed by atoms with Crippen molar-refractivity contribution >= 4 is 17.9 Å². The quantitative estimate of drug-likeness (QED) is 0.489. The number of primary amides is 1. The van der Waals surface area contributed by atoms with Gasteiger partial charge in [-0.3, -0.25) is 4.79 Å². The summed E-state index contributed by atoms with van der Waals surface area (Å²) in [5.74, 6) is 0.782. The van der Waals surface area contributed by atoms with Gasteiger partial charge < -0.3 is 26.1 Å². The van der Waals surface area contributed by atoms with E-state index >= 15 is 0 Å². The topological polar surface area (TPSA) is 160 Å². The molecule has 0 radical (unpaired) electrons. The minimum absolute atomic E-state index is 0.0921. The lowest BCUT2D eigenvalue weighted by Gasteiger charge is -2.36. The zero-order chi connectivity index (χ0) is 25.3. The molecule has 10 nitrogen and oxygen atoms in total. The smallest absolute Gasteiger partial charge is 0.292 e. The third-order valence-electron chi connectivity index (χ3n) is 6.50. The third-order valence-corrected chi connectivity index (χ3v) is 6.50. The van der Waals surface area contributed by atoms with E-state index in [-0.39, 0.29) is 6.01 Å². The van der Waals surface area contributed by atoms with Gasteiger partial charge in [-0.2, -0.15) is 5.26 Å². The number of anilines is 2. The Hall–Kier alpha value is -3.97. The first kappa shape index (κ1) is 25.1. The van der Waals surface area contributed by atoms with Crippen LogP contribution in [-0.4, -0.2) is 46.0 Å². The number of oxazole rings is 1. The predicted molar refractivity (Wildman–Crippen MR) is 137 cm³/mol. The van der Waals surface area contributed by atoms with Crippen molar-refractivity contribution in [1.82, 2.24) is 20.3 Å². The van der Waals surface area contributed by atoms with Crippen molar-refractivity contribution in [2.75, 3.05) is 23.7 Å². The monoisotopic (exact) mass is 488 g/mol. The van der Waals surface area contributed by atoms with Gasteiger partial charge in [0.05, 0.1) is 24.2 Å². The Kier molecular flexibility index (Phi) is 8.47. The summed E-state index contributed by atoms with van der Waals surface area (Å²) >= 11 is 0. The number of carbonyl (C=O) groups is 1. The van der Waals surface area contributed by atoms with Gasteiger partial charge in [-0.1, -0.05) is 31.4 Å². The molecule has 2 aromatic heterocycles. The SMILES string of the molecule is N#Cc1cnc(N2CCCC(NC3CCCCC3)C2)nc1.NC(=O)c1cccc(-c2cnc(N)o2)c1. The Balaban J connectivity index is 0.000000179. The lowest BCUT2D eigenvalue weighted by Crippen LogP contribution is -2.50. The molecule has 2 aliphatic rings. The number of carbonyl (C=O) groups excluding carboxylic acids is 1. The van der Waals surface area contributed by atoms with Crippen LogP contribution in [0.5, 0.6) is 0 Å². The molecule has 1 aliphatic heterocycles. The second-order valence-electron chi connectivity index (χ2n) is 9.18. The predicted octanol–water partition coefficient (Wildman–Crippen LogP) is 3.26. The first-order valence-corrected chi connectivity index (χ1v) is 12.4. The van der Waals surface area contributed by atoms with Crippen LogP contribution in [0.4, 0.5) is 12.0 Å². The van der Waals surface area contributed by atoms with Crippen LogP contribution in [0.25, 0.3) is 11.3 Å². The highest BCUT2D eigenvalue weighted by molar-refractivity contribution is 5.93. The first-order chi connectivity index (χ1) is 17.5. The summed E-state index contributed by atoms with van der Waals surface area (Å²) in [5, 5.41) is 12.6. The van der Waals surface area contributed by atoms with Crippen LogP contribution in [-0.2, 0) is 0 Å². The van der Waals surface area contributed by atoms with Crippen molar-refractivity contribution in [2.45, 2.75) is 57.0 Å². The fourth-order valence-electron chi connectivity index (χ4n) is 4.69. The average molecular weight is 489 g/mol. The van der Waals surface area contributed by atoms with Gasteiger partial charge in [0.15, 0.2) is 5.76 Å². The van der Waals surface area contributed by atoms with E-state index in [0.29, 0.717) is 29.0 Å². The van der Waals surface area contributed by atoms with E-state index < -0.39 is 5.91 Å². The van der Waals surface area contributed by atoms with Crippen LogP contribution in [0, 0.1) is 11.3 Å². The molecule has 1 atom stereocenters. The molecule has 0 bridgehead atoms. The van der Waals surface area contributed by atoms with Gasteiger partial charge >= 0.3 is 0 Å². The van der Waals surface area contributed by atoms with E-state index in [4.69, 9.17) is 21.1 Å². The summed E-state index contributed by atoms with van der Waals surface area (Å²) < 4.78 is 5.12. The molecule has 36 heavy (non-hydrogen) atoms. The van der Waals surface area contributed by atoms with Crippen LogP contribution in [0.2, 0.25) is 0 Å². The zero-order valence-electron chi connectivity index (χ0n) is 20.3. The summed E-state index contributed by atoms with van der Waals surface area (Å²) in [6, 6.07) is 10.2. The molecule has 188 valence electrons. The van der Waals surface area contributed by atoms with Gasteiger partial charge in [0.25, 0.3) is 6.01 Å². The number of piperidine rings is 1. The first-order valence-electron chi connectivity index (χ1n) is 12.4. The number of rotatable bonds is 5. The molecule has 0 spiro atoms. The average Bonchev–Trinajstić information content (AvgIpc) is 3.36. The molecule has 5 rings (SSSR count). The molecule has 1 unspecified atom stereocenters. The van der Waals surface area contributed by atoms with Gasteiger partial charge in [-0.25, -0.2) is 15.0 Å². The standard InChI is InChI=1S/C16H23N5.C10H9N3O2/c17-9-13-10-18-16(19-11-13)21-8-4-7-15(12-21)20-14-5-2-1-3-6-14;11-9(14)7-3-1-2-6(4-7)8-5-13-10(12)15-8/h10-11,14-15,20H,1-8,12H2;1-5H,(H2,11,14)(H2,12,13). The van der Waals surface area contributed by atoms with E-state index in [1.165, 1.54) is 51.1 Å². The van der Waals surface area contributed by atoms with Gasteiger partial charge in [0, 0.05) is 36.3 Å². The van der Waals surface area contributed by atoms with Crippen molar-refractivity contribution < 1.29 is 9.21 Å². The molecule has 3 heterocycles. The fraction of sp³-hybridized carbons (Fsp3) is 0.423. The molecule has 2 fully saturated rings. The number of hydrogen-bond donors (Lipinski definition) is 3. The minimum atomic E-state index is -0.482. The highest BCUT2D eigenvalue weighted by Gasteiger charge is 2.24. The highest BCUT2D eigenvalue weighted by Crippen LogP contribution is 2.22. The van der Waals surface area contributed by atoms with Crippen LogP contribution < -0.4 is 21.7 Å². The maximum Gasteiger partial charge on any atom is 0.292 e. The van der Waals surface area contributed by atoms with Crippen molar-refractivity contribution in [1.29, 1.82) is 5.26 Å². The highest BCUT2D eigenvalue weighted by atomic mass is 16.4. The van der Waals surface area contributed by atoms with Crippen molar-refractivity contribution in [3.63, 3.8) is 0 Å². The molecular formula is C26H32N8O2. The van der Waals surface area contributed by atoms with Crippen LogP contribution >= 0.6 is 0 Å². The normalized spacial score (nSPS) is 18.1. The van der Waals surface area contributed by atoms with E-state index in [9.17, 15) is 4.79 Å². The Morgan fingerprint density at radius 3 is 2.47 bits per heavy atom. The molecular weight excluding hydrogens is 456 g/mol. The molecule has 1 saturated carbocycles. The maximum atomic E-state index is 10.9. The molecule has 10 heteroatoms. The zero-order valence-corrected chi connectivity index (χ0v) is 20.3. The minimum Gasteiger partial charge on any atom is -0.424 e.